The maximum Gasteiger partial charge on any atom is 0.240 e. The first-order valence-electron chi connectivity index (χ1n) is 6.98. The fourth-order valence-electron chi connectivity index (χ4n) is 2.30. The molecule has 1 aromatic carbocycles. The smallest absolute Gasteiger partial charge is 0.240 e. The molecule has 2 N–H and O–H groups in total. The van der Waals surface area contributed by atoms with Gasteiger partial charge >= 0.3 is 0 Å². The van der Waals surface area contributed by atoms with Crippen LogP contribution < -0.4 is 10.0 Å². The molecule has 1 saturated heterocycles. The van der Waals surface area contributed by atoms with E-state index in [2.05, 4.69) is 10.0 Å². The van der Waals surface area contributed by atoms with Crippen LogP contribution in [0.15, 0.2) is 29.2 Å². The van der Waals surface area contributed by atoms with Crippen molar-refractivity contribution in [2.45, 2.75) is 31.3 Å². The Hall–Kier alpha value is -1.11. The van der Waals surface area contributed by atoms with Gasteiger partial charge in [0.15, 0.2) is 0 Å². The van der Waals surface area contributed by atoms with Gasteiger partial charge in [-0.25, -0.2) is 13.1 Å². The van der Waals surface area contributed by atoms with E-state index in [1.54, 1.807) is 24.3 Å². The SMILES string of the molecule is CCNc1ccc(S(=O)(=O)NCC2CCOC2C)cc1. The first kappa shape index (κ1) is 15.3. The minimum Gasteiger partial charge on any atom is -0.385 e. The maximum atomic E-state index is 12.2. The lowest BCUT2D eigenvalue weighted by molar-refractivity contribution is 0.107. The van der Waals surface area contributed by atoms with E-state index < -0.39 is 10.0 Å². The van der Waals surface area contributed by atoms with Gasteiger partial charge in [-0.15, -0.1) is 0 Å². The summed E-state index contributed by atoms with van der Waals surface area (Å²) in [6, 6.07) is 6.79. The summed E-state index contributed by atoms with van der Waals surface area (Å²) in [5.41, 5.74) is 0.921. The Morgan fingerprint density at radius 2 is 2.00 bits per heavy atom. The third-order valence-electron chi connectivity index (χ3n) is 3.61. The number of nitrogens with one attached hydrogen (secondary N) is 2. The van der Waals surface area contributed by atoms with Gasteiger partial charge in [0.1, 0.15) is 0 Å². The summed E-state index contributed by atoms with van der Waals surface area (Å²) in [6.07, 6.45) is 1.03. The minimum absolute atomic E-state index is 0.119. The Labute approximate surface area is 120 Å². The van der Waals surface area contributed by atoms with Gasteiger partial charge in [0.25, 0.3) is 0 Å². The summed E-state index contributed by atoms with van der Waals surface area (Å²) in [4.78, 5) is 0.297. The predicted molar refractivity (Wildman–Crippen MR) is 79.3 cm³/mol. The molecule has 0 saturated carbocycles. The summed E-state index contributed by atoms with van der Waals surface area (Å²) in [5, 5.41) is 3.14. The fourth-order valence-corrected chi connectivity index (χ4v) is 3.39. The lowest BCUT2D eigenvalue weighted by Crippen LogP contribution is -2.32. The molecule has 20 heavy (non-hydrogen) atoms. The molecule has 0 spiro atoms. The largest absolute Gasteiger partial charge is 0.385 e. The third-order valence-corrected chi connectivity index (χ3v) is 5.05. The van der Waals surface area contributed by atoms with E-state index in [-0.39, 0.29) is 12.0 Å². The monoisotopic (exact) mass is 298 g/mol. The van der Waals surface area contributed by atoms with Crippen LogP contribution in [0.5, 0.6) is 0 Å². The van der Waals surface area contributed by atoms with Crippen LogP contribution in [0, 0.1) is 5.92 Å². The van der Waals surface area contributed by atoms with Gasteiger partial charge < -0.3 is 10.1 Å². The van der Waals surface area contributed by atoms with Gasteiger partial charge in [0, 0.05) is 31.3 Å². The van der Waals surface area contributed by atoms with Crippen LogP contribution in [-0.2, 0) is 14.8 Å². The quantitative estimate of drug-likeness (QED) is 0.840. The second kappa shape index (κ2) is 6.56. The molecule has 5 nitrogen and oxygen atoms in total. The molecular weight excluding hydrogens is 276 g/mol. The summed E-state index contributed by atoms with van der Waals surface area (Å²) in [5.74, 6) is 0.255. The number of hydrogen-bond acceptors (Lipinski definition) is 4. The van der Waals surface area contributed by atoms with Crippen molar-refractivity contribution in [3.63, 3.8) is 0 Å². The van der Waals surface area contributed by atoms with Crippen molar-refractivity contribution in [2.24, 2.45) is 5.92 Å². The molecule has 6 heteroatoms. The van der Waals surface area contributed by atoms with Crippen molar-refractivity contribution in [1.82, 2.24) is 4.72 Å². The van der Waals surface area contributed by atoms with Crippen LogP contribution in [0.3, 0.4) is 0 Å². The van der Waals surface area contributed by atoms with Gasteiger partial charge in [-0.1, -0.05) is 0 Å². The number of ether oxygens (including phenoxy) is 1. The summed E-state index contributed by atoms with van der Waals surface area (Å²) < 4.78 is 32.5. The zero-order valence-corrected chi connectivity index (χ0v) is 12.7. The van der Waals surface area contributed by atoms with Crippen LogP contribution >= 0.6 is 0 Å². The van der Waals surface area contributed by atoms with E-state index in [1.807, 2.05) is 13.8 Å². The number of anilines is 1. The lowest BCUT2D eigenvalue weighted by Gasteiger charge is -2.15. The van der Waals surface area contributed by atoms with E-state index in [4.69, 9.17) is 4.74 Å². The second-order valence-electron chi connectivity index (χ2n) is 5.03. The van der Waals surface area contributed by atoms with Gasteiger partial charge in [0.05, 0.1) is 11.0 Å². The molecule has 1 aliphatic rings. The van der Waals surface area contributed by atoms with Crippen LogP contribution in [0.1, 0.15) is 20.3 Å². The molecule has 1 fully saturated rings. The summed E-state index contributed by atoms with van der Waals surface area (Å²) >= 11 is 0. The van der Waals surface area contributed by atoms with Gasteiger partial charge in [-0.2, -0.15) is 0 Å². The molecule has 1 aromatic rings. The zero-order valence-electron chi connectivity index (χ0n) is 11.9. The van der Waals surface area contributed by atoms with Gasteiger partial charge in [-0.3, -0.25) is 0 Å². The predicted octanol–water partition coefficient (Wildman–Crippen LogP) is 1.82. The van der Waals surface area contributed by atoms with Gasteiger partial charge in [-0.05, 0) is 44.5 Å². The Kier molecular flexibility index (Phi) is 5.01. The van der Waals surface area contributed by atoms with Crippen molar-refractivity contribution >= 4 is 15.7 Å². The first-order valence-corrected chi connectivity index (χ1v) is 8.46. The van der Waals surface area contributed by atoms with Crippen molar-refractivity contribution in [1.29, 1.82) is 0 Å². The fraction of sp³-hybridized carbons (Fsp3) is 0.571. The average Bonchev–Trinajstić information content (AvgIpc) is 2.83. The maximum absolute atomic E-state index is 12.2. The Morgan fingerprint density at radius 1 is 1.30 bits per heavy atom. The molecule has 0 aliphatic carbocycles. The van der Waals surface area contributed by atoms with Crippen molar-refractivity contribution in [2.75, 3.05) is 25.0 Å². The number of rotatable bonds is 6. The molecule has 0 bridgehead atoms. The topological polar surface area (TPSA) is 67.4 Å². The van der Waals surface area contributed by atoms with E-state index in [0.29, 0.717) is 18.0 Å². The third kappa shape index (κ3) is 3.71. The molecule has 112 valence electrons. The molecule has 0 aromatic heterocycles. The highest BCUT2D eigenvalue weighted by molar-refractivity contribution is 7.89. The molecule has 1 heterocycles. The Morgan fingerprint density at radius 3 is 2.55 bits per heavy atom. The molecule has 2 atom stereocenters. The average molecular weight is 298 g/mol. The highest BCUT2D eigenvalue weighted by Crippen LogP contribution is 2.20. The number of hydrogen-bond donors (Lipinski definition) is 2. The van der Waals surface area contributed by atoms with Crippen molar-refractivity contribution in [3.05, 3.63) is 24.3 Å². The normalized spacial score (nSPS) is 22.9. The van der Waals surface area contributed by atoms with Crippen molar-refractivity contribution < 1.29 is 13.2 Å². The number of sulfonamides is 1. The highest BCUT2D eigenvalue weighted by atomic mass is 32.2. The van der Waals surface area contributed by atoms with Crippen LogP contribution in [0.25, 0.3) is 0 Å². The second-order valence-corrected chi connectivity index (χ2v) is 6.80. The standard InChI is InChI=1S/C14H22N2O3S/c1-3-15-13-4-6-14(7-5-13)20(17,18)16-10-12-8-9-19-11(12)2/h4-7,11-12,15-16H,3,8-10H2,1-2H3. The Balaban J connectivity index is 1.98. The summed E-state index contributed by atoms with van der Waals surface area (Å²) in [7, 11) is -3.44. The molecule has 0 amide bonds. The number of benzene rings is 1. The zero-order chi connectivity index (χ0) is 14.6. The van der Waals surface area contributed by atoms with Crippen LogP contribution in [-0.4, -0.2) is 34.2 Å². The Bertz CT molecular complexity index is 528. The van der Waals surface area contributed by atoms with Crippen molar-refractivity contribution in [3.8, 4) is 0 Å². The van der Waals surface area contributed by atoms with Gasteiger partial charge in [0.2, 0.25) is 10.0 Å². The molecule has 2 unspecified atom stereocenters. The molecule has 1 aliphatic heterocycles. The van der Waals surface area contributed by atoms with E-state index >= 15 is 0 Å². The lowest BCUT2D eigenvalue weighted by atomic mass is 10.0. The molecule has 0 radical (unpaired) electrons. The highest BCUT2D eigenvalue weighted by Gasteiger charge is 2.26. The molecule has 2 rings (SSSR count). The summed E-state index contributed by atoms with van der Waals surface area (Å²) in [6.45, 7) is 5.93. The van der Waals surface area contributed by atoms with E-state index in [9.17, 15) is 8.42 Å². The minimum atomic E-state index is -3.44. The first-order chi connectivity index (χ1) is 9.53. The molecular formula is C14H22N2O3S. The van der Waals surface area contributed by atoms with E-state index in [0.717, 1.165) is 18.7 Å². The van der Waals surface area contributed by atoms with Crippen LogP contribution in [0.2, 0.25) is 0 Å². The van der Waals surface area contributed by atoms with E-state index in [1.165, 1.54) is 0 Å². The van der Waals surface area contributed by atoms with Crippen LogP contribution in [0.4, 0.5) is 5.69 Å².